The number of morpholine rings is 1. The van der Waals surface area contributed by atoms with Crippen LogP contribution in [0.1, 0.15) is 37.4 Å². The average Bonchev–Trinajstić information content (AvgIpc) is 3.29. The number of aromatic hydroxyl groups is 1. The van der Waals surface area contributed by atoms with Crippen molar-refractivity contribution in [1.29, 1.82) is 0 Å². The molecule has 1 aliphatic rings. The van der Waals surface area contributed by atoms with Gasteiger partial charge in [-0.1, -0.05) is 42.5 Å². The molecule has 1 aromatic heterocycles. The molecule has 5 rings (SSSR count). The topological polar surface area (TPSA) is 116 Å². The molecule has 1 amide bonds. The molecular formula is C30H30N4O5. The first kappa shape index (κ1) is 26.3. The number of nitrogens with one attached hydrogen (secondary N) is 2. The van der Waals surface area contributed by atoms with Gasteiger partial charge in [-0.25, -0.2) is 10.5 Å². The monoisotopic (exact) mass is 526 g/mol. The highest BCUT2D eigenvalue weighted by atomic mass is 16.7. The van der Waals surface area contributed by atoms with Crippen molar-refractivity contribution in [1.82, 2.24) is 15.4 Å². The zero-order chi connectivity index (χ0) is 27.2. The zero-order valence-corrected chi connectivity index (χ0v) is 21.6. The van der Waals surface area contributed by atoms with E-state index in [0.717, 1.165) is 42.4 Å². The second-order valence-corrected chi connectivity index (χ2v) is 9.33. The Morgan fingerprint density at radius 3 is 2.67 bits per heavy atom. The van der Waals surface area contributed by atoms with Gasteiger partial charge in [0.25, 0.3) is 5.91 Å². The molecule has 0 unspecified atom stereocenters. The van der Waals surface area contributed by atoms with Gasteiger partial charge in [-0.05, 0) is 36.8 Å². The molecule has 1 fully saturated rings. The van der Waals surface area contributed by atoms with E-state index in [9.17, 15) is 14.7 Å². The number of rotatable bonds is 9. The minimum atomic E-state index is -0.325. The quantitative estimate of drug-likeness (QED) is 0.131. The number of hydrogen-bond acceptors (Lipinski definition) is 7. The molecule has 9 nitrogen and oxygen atoms in total. The number of hydrogen-bond donors (Lipinski definition) is 3. The van der Waals surface area contributed by atoms with Crippen LogP contribution in [0.25, 0.3) is 10.9 Å². The number of H-pyrrole nitrogens is 1. The van der Waals surface area contributed by atoms with Crippen LogP contribution < -0.4 is 5.48 Å². The number of nitrogens with zero attached hydrogens (tertiary/aromatic N) is 2. The third-order valence-electron chi connectivity index (χ3n) is 6.70. The summed E-state index contributed by atoms with van der Waals surface area (Å²) >= 11 is 0. The Labute approximate surface area is 226 Å². The summed E-state index contributed by atoms with van der Waals surface area (Å²) in [5, 5.41) is 11.6. The number of ether oxygens (including phenoxy) is 1. The molecular weight excluding hydrogens is 496 g/mol. The van der Waals surface area contributed by atoms with Gasteiger partial charge in [0.2, 0.25) is 0 Å². The number of hydroxylamine groups is 1. The number of aryl methyl sites for hydroxylation is 1. The van der Waals surface area contributed by atoms with Crippen LogP contribution in [-0.4, -0.2) is 72.4 Å². The molecule has 0 spiro atoms. The SMILES string of the molecule is Cc1cc(N=C(c2ccccc2)c2c(O)[nH]c3cc(C=O)ccc23)ccc1C(=O)NOCCN1CCOCC1. The van der Waals surface area contributed by atoms with E-state index in [4.69, 9.17) is 14.6 Å². The Morgan fingerprint density at radius 2 is 1.92 bits per heavy atom. The fourth-order valence-electron chi connectivity index (χ4n) is 4.65. The van der Waals surface area contributed by atoms with Crippen molar-refractivity contribution < 1.29 is 24.3 Å². The van der Waals surface area contributed by atoms with E-state index in [1.54, 1.807) is 30.3 Å². The molecule has 1 saturated heterocycles. The number of aromatic nitrogens is 1. The van der Waals surface area contributed by atoms with Gasteiger partial charge in [0.1, 0.15) is 6.29 Å². The fraction of sp³-hybridized carbons (Fsp3) is 0.233. The summed E-state index contributed by atoms with van der Waals surface area (Å²) < 4.78 is 5.34. The van der Waals surface area contributed by atoms with Crippen LogP contribution in [-0.2, 0) is 9.57 Å². The van der Waals surface area contributed by atoms with Gasteiger partial charge in [0.15, 0.2) is 5.88 Å². The molecule has 0 aliphatic carbocycles. The Bertz CT molecular complexity index is 1510. The molecule has 200 valence electrons. The van der Waals surface area contributed by atoms with E-state index in [-0.39, 0.29) is 11.8 Å². The lowest BCUT2D eigenvalue weighted by atomic mass is 10.00. The predicted octanol–water partition coefficient (Wildman–Crippen LogP) is 4.16. The molecule has 3 N–H and O–H groups in total. The molecule has 0 radical (unpaired) electrons. The van der Waals surface area contributed by atoms with Crippen molar-refractivity contribution >= 4 is 34.5 Å². The number of aldehydes is 1. The summed E-state index contributed by atoms with van der Waals surface area (Å²) in [6, 6.07) is 20.0. The number of benzene rings is 3. The normalized spacial score (nSPS) is 14.4. The first-order chi connectivity index (χ1) is 19.0. The molecule has 39 heavy (non-hydrogen) atoms. The minimum Gasteiger partial charge on any atom is -0.494 e. The van der Waals surface area contributed by atoms with E-state index in [1.807, 2.05) is 43.3 Å². The summed E-state index contributed by atoms with van der Waals surface area (Å²) in [5.74, 6) is -0.369. The number of amides is 1. The zero-order valence-electron chi connectivity index (χ0n) is 21.6. The highest BCUT2D eigenvalue weighted by molar-refractivity contribution is 6.22. The van der Waals surface area contributed by atoms with E-state index >= 15 is 0 Å². The summed E-state index contributed by atoms with van der Waals surface area (Å²) in [5.41, 5.74) is 7.39. The van der Waals surface area contributed by atoms with E-state index in [1.165, 1.54) is 0 Å². The van der Waals surface area contributed by atoms with Crippen molar-refractivity contribution in [3.05, 3.63) is 94.5 Å². The highest BCUT2D eigenvalue weighted by Crippen LogP contribution is 2.32. The molecule has 0 bridgehead atoms. The maximum absolute atomic E-state index is 12.7. The van der Waals surface area contributed by atoms with E-state index in [2.05, 4.69) is 15.4 Å². The molecule has 0 atom stereocenters. The lowest BCUT2D eigenvalue weighted by molar-refractivity contribution is -0.00179. The molecule has 1 aliphatic heterocycles. The van der Waals surface area contributed by atoms with Crippen LogP contribution in [0, 0.1) is 6.92 Å². The summed E-state index contributed by atoms with van der Waals surface area (Å²) in [7, 11) is 0. The van der Waals surface area contributed by atoms with E-state index in [0.29, 0.717) is 53.4 Å². The lowest BCUT2D eigenvalue weighted by Gasteiger charge is -2.26. The minimum absolute atomic E-state index is 0.0439. The fourth-order valence-corrected chi connectivity index (χ4v) is 4.65. The van der Waals surface area contributed by atoms with Crippen LogP contribution >= 0.6 is 0 Å². The Morgan fingerprint density at radius 1 is 1.13 bits per heavy atom. The molecule has 0 saturated carbocycles. The summed E-state index contributed by atoms with van der Waals surface area (Å²) in [6.45, 7) is 6.10. The number of carbonyl (C=O) groups is 2. The number of aromatic amines is 1. The molecule has 2 heterocycles. The van der Waals surface area contributed by atoms with Crippen molar-refractivity contribution in [2.45, 2.75) is 6.92 Å². The Hall–Kier alpha value is -4.31. The number of fused-ring (bicyclic) bond motifs is 1. The van der Waals surface area contributed by atoms with Gasteiger partial charge < -0.3 is 14.8 Å². The van der Waals surface area contributed by atoms with Crippen molar-refractivity contribution in [3.63, 3.8) is 0 Å². The first-order valence-electron chi connectivity index (χ1n) is 12.8. The van der Waals surface area contributed by atoms with Gasteiger partial charge in [-0.3, -0.25) is 19.3 Å². The standard InChI is InChI=1S/C30H30N4O5/c1-20-17-23(8-10-24(20)29(36)33-39-16-13-34-11-14-38-15-12-34)31-28(22-5-3-2-4-6-22)27-25-9-7-21(19-35)18-26(25)32-30(27)37/h2-10,17-19,32,37H,11-16H2,1H3,(H,33,36). The maximum Gasteiger partial charge on any atom is 0.275 e. The third kappa shape index (κ3) is 6.06. The largest absolute Gasteiger partial charge is 0.494 e. The maximum atomic E-state index is 12.7. The van der Waals surface area contributed by atoms with Gasteiger partial charge >= 0.3 is 0 Å². The molecule has 4 aromatic rings. The summed E-state index contributed by atoms with van der Waals surface area (Å²) in [6.07, 6.45) is 0.763. The van der Waals surface area contributed by atoms with Crippen LogP contribution in [0.3, 0.4) is 0 Å². The van der Waals surface area contributed by atoms with Crippen LogP contribution in [0.2, 0.25) is 0 Å². The number of carbonyl (C=O) groups excluding carboxylic acids is 2. The third-order valence-corrected chi connectivity index (χ3v) is 6.70. The average molecular weight is 527 g/mol. The van der Waals surface area contributed by atoms with Crippen LogP contribution in [0.15, 0.2) is 71.7 Å². The van der Waals surface area contributed by atoms with Gasteiger partial charge in [-0.15, -0.1) is 0 Å². The van der Waals surface area contributed by atoms with Gasteiger partial charge in [0.05, 0.1) is 36.8 Å². The van der Waals surface area contributed by atoms with Crippen molar-refractivity contribution in [2.75, 3.05) is 39.5 Å². The summed E-state index contributed by atoms with van der Waals surface area (Å²) in [4.78, 5) is 39.5. The molecule has 9 heteroatoms. The van der Waals surface area contributed by atoms with Crippen LogP contribution in [0.4, 0.5) is 5.69 Å². The van der Waals surface area contributed by atoms with Crippen LogP contribution in [0.5, 0.6) is 5.88 Å². The second-order valence-electron chi connectivity index (χ2n) is 9.33. The van der Waals surface area contributed by atoms with Crippen molar-refractivity contribution in [2.24, 2.45) is 4.99 Å². The molecule has 3 aromatic carbocycles. The first-order valence-corrected chi connectivity index (χ1v) is 12.8. The van der Waals surface area contributed by atoms with Gasteiger partial charge in [0, 0.05) is 47.2 Å². The van der Waals surface area contributed by atoms with E-state index < -0.39 is 0 Å². The Balaban J connectivity index is 1.39. The van der Waals surface area contributed by atoms with Crippen molar-refractivity contribution in [3.8, 4) is 5.88 Å². The second kappa shape index (κ2) is 12.0. The predicted molar refractivity (Wildman–Crippen MR) is 149 cm³/mol. The highest BCUT2D eigenvalue weighted by Gasteiger charge is 2.19. The van der Waals surface area contributed by atoms with Gasteiger partial charge in [-0.2, -0.15) is 0 Å². The Kier molecular flexibility index (Phi) is 8.12. The lowest BCUT2D eigenvalue weighted by Crippen LogP contribution is -2.39. The smallest absolute Gasteiger partial charge is 0.275 e. The number of aliphatic imine (C=N–C) groups is 1.